The van der Waals surface area contributed by atoms with Crippen molar-refractivity contribution in [3.05, 3.63) is 65.9 Å². The third-order valence-electron chi connectivity index (χ3n) is 3.86. The normalized spacial score (nSPS) is 13.8. The molecular formula is C18H22N4O2. The maximum Gasteiger partial charge on any atom is 0.123 e. The van der Waals surface area contributed by atoms with Crippen LogP contribution in [0.3, 0.4) is 0 Å². The van der Waals surface area contributed by atoms with Crippen molar-refractivity contribution in [2.75, 3.05) is 13.7 Å². The summed E-state index contributed by atoms with van der Waals surface area (Å²) in [6.45, 7) is 4.50. The molecule has 0 saturated carbocycles. The second kappa shape index (κ2) is 7.42. The Balaban J connectivity index is 1.73. The maximum atomic E-state index is 5.73. The van der Waals surface area contributed by atoms with E-state index in [-0.39, 0.29) is 12.1 Å². The number of furan rings is 1. The summed E-state index contributed by atoms with van der Waals surface area (Å²) in [7, 11) is 1.68. The lowest BCUT2D eigenvalue weighted by atomic mass is 10.1. The number of benzene rings is 1. The molecule has 6 heteroatoms. The summed E-state index contributed by atoms with van der Waals surface area (Å²) in [6.07, 6.45) is 1.93. The van der Waals surface area contributed by atoms with Crippen LogP contribution in [0.5, 0.6) is 0 Å². The number of hydrogen-bond acceptors (Lipinski definition) is 5. The SMILES string of the molecule is COC[C@@H](N[C@@H](C)c1cn(-c2ccccc2)nn1)c1ccc(C)o1. The molecule has 3 rings (SSSR count). The van der Waals surface area contributed by atoms with E-state index in [4.69, 9.17) is 9.15 Å². The zero-order chi connectivity index (χ0) is 16.9. The molecule has 0 fully saturated rings. The minimum Gasteiger partial charge on any atom is -0.465 e. The van der Waals surface area contributed by atoms with Gasteiger partial charge in [-0.25, -0.2) is 4.68 Å². The Morgan fingerprint density at radius 3 is 2.67 bits per heavy atom. The zero-order valence-electron chi connectivity index (χ0n) is 14.1. The first-order valence-corrected chi connectivity index (χ1v) is 7.96. The lowest BCUT2D eigenvalue weighted by Crippen LogP contribution is -2.28. The van der Waals surface area contributed by atoms with Crippen molar-refractivity contribution in [2.45, 2.75) is 25.9 Å². The van der Waals surface area contributed by atoms with E-state index in [1.807, 2.05) is 55.6 Å². The van der Waals surface area contributed by atoms with E-state index in [1.54, 1.807) is 11.8 Å². The fourth-order valence-corrected chi connectivity index (χ4v) is 2.59. The highest BCUT2D eigenvalue weighted by molar-refractivity contribution is 5.30. The third kappa shape index (κ3) is 3.72. The first-order chi connectivity index (χ1) is 11.7. The van der Waals surface area contributed by atoms with Crippen LogP contribution in [-0.4, -0.2) is 28.7 Å². The van der Waals surface area contributed by atoms with Crippen LogP contribution in [0.15, 0.2) is 53.1 Å². The summed E-state index contributed by atoms with van der Waals surface area (Å²) in [5.41, 5.74) is 1.85. The van der Waals surface area contributed by atoms with Gasteiger partial charge in [0.2, 0.25) is 0 Å². The van der Waals surface area contributed by atoms with Crippen LogP contribution in [0.4, 0.5) is 0 Å². The van der Waals surface area contributed by atoms with Gasteiger partial charge in [0.15, 0.2) is 0 Å². The number of aryl methyl sites for hydroxylation is 1. The number of nitrogens with zero attached hydrogens (tertiary/aromatic N) is 3. The number of rotatable bonds is 7. The van der Waals surface area contributed by atoms with Gasteiger partial charge >= 0.3 is 0 Å². The molecule has 2 heterocycles. The van der Waals surface area contributed by atoms with E-state index in [1.165, 1.54) is 0 Å². The molecule has 0 saturated heterocycles. The highest BCUT2D eigenvalue weighted by atomic mass is 16.5. The Kier molecular flexibility index (Phi) is 5.08. The fourth-order valence-electron chi connectivity index (χ4n) is 2.59. The topological polar surface area (TPSA) is 65.1 Å². The van der Waals surface area contributed by atoms with E-state index in [2.05, 4.69) is 22.6 Å². The number of hydrogen-bond donors (Lipinski definition) is 1. The van der Waals surface area contributed by atoms with E-state index >= 15 is 0 Å². The van der Waals surface area contributed by atoms with Gasteiger partial charge in [-0.3, -0.25) is 5.32 Å². The van der Waals surface area contributed by atoms with Crippen molar-refractivity contribution < 1.29 is 9.15 Å². The molecule has 6 nitrogen and oxygen atoms in total. The van der Waals surface area contributed by atoms with Crippen LogP contribution in [-0.2, 0) is 4.74 Å². The Bertz CT molecular complexity index is 766. The van der Waals surface area contributed by atoms with Gasteiger partial charge < -0.3 is 9.15 Å². The largest absolute Gasteiger partial charge is 0.465 e. The Hall–Kier alpha value is -2.44. The zero-order valence-corrected chi connectivity index (χ0v) is 14.1. The molecule has 1 aromatic carbocycles. The quantitative estimate of drug-likeness (QED) is 0.722. The molecule has 2 atom stereocenters. The molecule has 0 spiro atoms. The molecule has 0 aliphatic rings. The van der Waals surface area contributed by atoms with E-state index < -0.39 is 0 Å². The van der Waals surface area contributed by atoms with Crippen LogP contribution in [0, 0.1) is 6.92 Å². The van der Waals surface area contributed by atoms with E-state index in [0.717, 1.165) is 22.9 Å². The summed E-state index contributed by atoms with van der Waals surface area (Å²) in [5, 5.41) is 12.0. The van der Waals surface area contributed by atoms with Crippen LogP contribution >= 0.6 is 0 Å². The van der Waals surface area contributed by atoms with Crippen molar-refractivity contribution in [1.82, 2.24) is 20.3 Å². The molecule has 0 aliphatic carbocycles. The van der Waals surface area contributed by atoms with Crippen molar-refractivity contribution in [1.29, 1.82) is 0 Å². The van der Waals surface area contributed by atoms with Crippen LogP contribution in [0.2, 0.25) is 0 Å². The first-order valence-electron chi connectivity index (χ1n) is 7.96. The molecule has 2 aromatic heterocycles. The Labute approximate surface area is 141 Å². The van der Waals surface area contributed by atoms with Crippen molar-refractivity contribution in [3.63, 3.8) is 0 Å². The van der Waals surface area contributed by atoms with Gasteiger partial charge in [-0.1, -0.05) is 23.4 Å². The molecular weight excluding hydrogens is 304 g/mol. The van der Waals surface area contributed by atoms with Gasteiger partial charge in [0, 0.05) is 7.11 Å². The van der Waals surface area contributed by atoms with Gasteiger partial charge in [-0.2, -0.15) is 0 Å². The van der Waals surface area contributed by atoms with Gasteiger partial charge in [0.25, 0.3) is 0 Å². The van der Waals surface area contributed by atoms with Gasteiger partial charge in [0.1, 0.15) is 11.5 Å². The first kappa shape index (κ1) is 16.4. The van der Waals surface area contributed by atoms with Crippen molar-refractivity contribution in [3.8, 4) is 5.69 Å². The summed E-state index contributed by atoms with van der Waals surface area (Å²) in [6, 6.07) is 13.8. The third-order valence-corrected chi connectivity index (χ3v) is 3.86. The Morgan fingerprint density at radius 2 is 2.00 bits per heavy atom. The predicted molar refractivity (Wildman–Crippen MR) is 91.0 cm³/mol. The van der Waals surface area contributed by atoms with Crippen LogP contribution < -0.4 is 5.32 Å². The molecule has 0 aliphatic heterocycles. The second-order valence-electron chi connectivity index (χ2n) is 5.77. The van der Waals surface area contributed by atoms with Crippen molar-refractivity contribution in [2.24, 2.45) is 0 Å². The molecule has 24 heavy (non-hydrogen) atoms. The van der Waals surface area contributed by atoms with Crippen LogP contribution in [0.1, 0.15) is 36.2 Å². The number of ether oxygens (including phenoxy) is 1. The smallest absolute Gasteiger partial charge is 0.123 e. The van der Waals surface area contributed by atoms with Crippen molar-refractivity contribution >= 4 is 0 Å². The molecule has 0 amide bonds. The number of para-hydroxylation sites is 1. The Morgan fingerprint density at radius 1 is 1.21 bits per heavy atom. The summed E-state index contributed by atoms with van der Waals surface area (Å²) in [5.74, 6) is 1.74. The number of nitrogens with one attached hydrogen (secondary N) is 1. The fraction of sp³-hybridized carbons (Fsp3) is 0.333. The number of methoxy groups -OCH3 is 1. The lowest BCUT2D eigenvalue weighted by molar-refractivity contribution is 0.151. The van der Waals surface area contributed by atoms with E-state index in [0.29, 0.717) is 6.61 Å². The molecule has 3 aromatic rings. The summed E-state index contributed by atoms with van der Waals surface area (Å²) < 4.78 is 12.8. The van der Waals surface area contributed by atoms with E-state index in [9.17, 15) is 0 Å². The average Bonchev–Trinajstić information content (AvgIpc) is 3.24. The predicted octanol–water partition coefficient (Wildman–Crippen LogP) is 3.21. The standard InChI is InChI=1S/C18H22N4O2/c1-13-9-10-18(24-13)17(12-23-3)19-14(2)16-11-22(21-20-16)15-7-5-4-6-8-15/h4-11,14,17,19H,12H2,1-3H3/t14-,17+/m0/s1. The lowest BCUT2D eigenvalue weighted by Gasteiger charge is -2.19. The summed E-state index contributed by atoms with van der Waals surface area (Å²) >= 11 is 0. The molecule has 1 N–H and O–H groups in total. The minimum atomic E-state index is -0.0411. The maximum absolute atomic E-state index is 5.73. The summed E-state index contributed by atoms with van der Waals surface area (Å²) in [4.78, 5) is 0. The van der Waals surface area contributed by atoms with Gasteiger partial charge in [-0.15, -0.1) is 5.10 Å². The van der Waals surface area contributed by atoms with Gasteiger partial charge in [0.05, 0.1) is 36.3 Å². The molecule has 0 bridgehead atoms. The molecule has 0 radical (unpaired) electrons. The van der Waals surface area contributed by atoms with Gasteiger partial charge in [-0.05, 0) is 38.1 Å². The average molecular weight is 326 g/mol. The highest BCUT2D eigenvalue weighted by Crippen LogP contribution is 2.21. The highest BCUT2D eigenvalue weighted by Gasteiger charge is 2.20. The monoisotopic (exact) mass is 326 g/mol. The number of aromatic nitrogens is 3. The van der Waals surface area contributed by atoms with Crippen LogP contribution in [0.25, 0.3) is 5.69 Å². The molecule has 0 unspecified atom stereocenters. The minimum absolute atomic E-state index is 0.00742. The molecule has 126 valence electrons. The second-order valence-corrected chi connectivity index (χ2v) is 5.77.